The highest BCUT2D eigenvalue weighted by molar-refractivity contribution is 4.69. The van der Waals surface area contributed by atoms with Crippen molar-refractivity contribution in [1.82, 2.24) is 5.32 Å². The lowest BCUT2D eigenvalue weighted by Gasteiger charge is -2.21. The van der Waals surface area contributed by atoms with Crippen LogP contribution in [0, 0.1) is 5.41 Å². The quantitative estimate of drug-likeness (QED) is 0.557. The van der Waals surface area contributed by atoms with Crippen molar-refractivity contribution in [1.29, 1.82) is 0 Å². The maximum absolute atomic E-state index is 9.01. The molecule has 0 aliphatic carbocycles. The van der Waals surface area contributed by atoms with Crippen LogP contribution >= 0.6 is 0 Å². The van der Waals surface area contributed by atoms with Crippen molar-refractivity contribution in [2.75, 3.05) is 33.4 Å². The molecule has 0 spiro atoms. The molecule has 0 fully saturated rings. The molecule has 0 atom stereocenters. The summed E-state index contributed by atoms with van der Waals surface area (Å²) >= 11 is 0. The van der Waals surface area contributed by atoms with Crippen molar-refractivity contribution in [3.05, 3.63) is 0 Å². The molecule has 0 heterocycles. The van der Waals surface area contributed by atoms with Gasteiger partial charge in [0, 0.05) is 32.3 Å². The Hall–Kier alpha value is -0.120. The monoisotopic (exact) mass is 203 g/mol. The fraction of sp³-hybridized carbons (Fsp3) is 1.00. The molecule has 0 amide bonds. The van der Waals surface area contributed by atoms with Crippen molar-refractivity contribution in [3.63, 3.8) is 0 Å². The third kappa shape index (κ3) is 8.48. The van der Waals surface area contributed by atoms with Crippen molar-refractivity contribution >= 4 is 0 Å². The second kappa shape index (κ2) is 8.21. The van der Waals surface area contributed by atoms with Crippen LogP contribution in [0.15, 0.2) is 0 Å². The van der Waals surface area contributed by atoms with Gasteiger partial charge >= 0.3 is 0 Å². The first-order valence-electron chi connectivity index (χ1n) is 5.43. The van der Waals surface area contributed by atoms with Gasteiger partial charge in [-0.05, 0) is 25.8 Å². The lowest BCUT2D eigenvalue weighted by atomic mass is 9.95. The molecule has 0 aromatic heterocycles. The zero-order chi connectivity index (χ0) is 10.9. The largest absolute Gasteiger partial charge is 0.396 e. The highest BCUT2D eigenvalue weighted by Crippen LogP contribution is 2.10. The van der Waals surface area contributed by atoms with Crippen LogP contribution in [0.2, 0.25) is 0 Å². The Balaban J connectivity index is 3.13. The van der Waals surface area contributed by atoms with Crippen LogP contribution in [-0.4, -0.2) is 38.5 Å². The van der Waals surface area contributed by atoms with E-state index in [1.165, 1.54) is 12.8 Å². The van der Waals surface area contributed by atoms with Gasteiger partial charge in [-0.2, -0.15) is 0 Å². The minimum Gasteiger partial charge on any atom is -0.396 e. The van der Waals surface area contributed by atoms with Gasteiger partial charge in [-0.1, -0.05) is 13.8 Å². The summed E-state index contributed by atoms with van der Waals surface area (Å²) in [6.07, 6.45) is 3.53. The van der Waals surface area contributed by atoms with Gasteiger partial charge in [-0.3, -0.25) is 0 Å². The van der Waals surface area contributed by atoms with Crippen LogP contribution in [0.3, 0.4) is 0 Å². The predicted octanol–water partition coefficient (Wildman–Crippen LogP) is 1.41. The number of hydrogen-bond acceptors (Lipinski definition) is 3. The third-order valence-electron chi connectivity index (χ3n) is 2.23. The summed E-state index contributed by atoms with van der Waals surface area (Å²) < 4.78 is 4.97. The van der Waals surface area contributed by atoms with E-state index in [4.69, 9.17) is 9.84 Å². The molecular weight excluding hydrogens is 178 g/mol. The molecule has 0 saturated carbocycles. The summed E-state index contributed by atoms with van der Waals surface area (Å²) in [5, 5.41) is 12.4. The van der Waals surface area contributed by atoms with E-state index in [-0.39, 0.29) is 12.0 Å². The fourth-order valence-electron chi connectivity index (χ4n) is 1.16. The number of hydrogen-bond donors (Lipinski definition) is 2. The Kier molecular flexibility index (Phi) is 8.14. The van der Waals surface area contributed by atoms with Crippen LogP contribution < -0.4 is 5.32 Å². The number of aliphatic hydroxyl groups is 1. The fourth-order valence-corrected chi connectivity index (χ4v) is 1.16. The van der Waals surface area contributed by atoms with Gasteiger partial charge in [0.2, 0.25) is 0 Å². The van der Waals surface area contributed by atoms with Gasteiger partial charge in [0.25, 0.3) is 0 Å². The van der Waals surface area contributed by atoms with Crippen LogP contribution in [0.4, 0.5) is 0 Å². The lowest BCUT2D eigenvalue weighted by molar-refractivity contribution is 0.156. The highest BCUT2D eigenvalue weighted by atomic mass is 16.5. The average Bonchev–Trinajstić information content (AvgIpc) is 2.16. The molecule has 0 rings (SSSR count). The number of nitrogens with one attached hydrogen (secondary N) is 1. The van der Waals surface area contributed by atoms with Crippen molar-refractivity contribution in [2.24, 2.45) is 5.41 Å². The van der Waals surface area contributed by atoms with Crippen LogP contribution in [0.5, 0.6) is 0 Å². The van der Waals surface area contributed by atoms with Crippen molar-refractivity contribution in [3.8, 4) is 0 Å². The number of unbranched alkanes of at least 4 members (excludes halogenated alkanes) is 2. The lowest BCUT2D eigenvalue weighted by Crippen LogP contribution is -2.32. The molecule has 2 N–H and O–H groups in total. The summed E-state index contributed by atoms with van der Waals surface area (Å²) in [6.45, 7) is 7.14. The zero-order valence-electron chi connectivity index (χ0n) is 9.81. The molecule has 0 saturated heterocycles. The number of ether oxygens (including phenoxy) is 1. The van der Waals surface area contributed by atoms with E-state index in [1.807, 2.05) is 0 Å². The van der Waals surface area contributed by atoms with Gasteiger partial charge in [0.05, 0.1) is 0 Å². The van der Waals surface area contributed by atoms with E-state index >= 15 is 0 Å². The number of methoxy groups -OCH3 is 1. The molecule has 0 aromatic carbocycles. The molecule has 0 aromatic rings. The molecule has 0 bridgehead atoms. The second-order valence-corrected chi connectivity index (χ2v) is 4.55. The van der Waals surface area contributed by atoms with Crippen LogP contribution in [0.25, 0.3) is 0 Å². The minimum absolute atomic E-state index is 0.00648. The molecule has 0 aliphatic rings. The first-order valence-corrected chi connectivity index (χ1v) is 5.43. The molecule has 14 heavy (non-hydrogen) atoms. The van der Waals surface area contributed by atoms with Gasteiger partial charge in [-0.25, -0.2) is 0 Å². The Bertz CT molecular complexity index is 126. The van der Waals surface area contributed by atoms with E-state index in [9.17, 15) is 0 Å². The Morgan fingerprint density at radius 3 is 2.50 bits per heavy atom. The second-order valence-electron chi connectivity index (χ2n) is 4.55. The first-order chi connectivity index (χ1) is 6.62. The molecular formula is C11H25NO2. The average molecular weight is 203 g/mol. The summed E-state index contributed by atoms with van der Waals surface area (Å²) in [6, 6.07) is 0. The predicted molar refractivity (Wildman–Crippen MR) is 59.5 cm³/mol. The van der Waals surface area contributed by atoms with Gasteiger partial charge in [-0.15, -0.1) is 0 Å². The molecule has 3 heteroatoms. The van der Waals surface area contributed by atoms with Gasteiger partial charge < -0.3 is 15.2 Å². The third-order valence-corrected chi connectivity index (χ3v) is 2.23. The van der Waals surface area contributed by atoms with Crippen molar-refractivity contribution in [2.45, 2.75) is 33.1 Å². The molecule has 86 valence electrons. The van der Waals surface area contributed by atoms with Gasteiger partial charge in [0.1, 0.15) is 0 Å². The van der Waals surface area contributed by atoms with Crippen LogP contribution in [-0.2, 0) is 4.74 Å². The summed E-state index contributed by atoms with van der Waals surface area (Å²) in [5.41, 5.74) is 0.00648. The topological polar surface area (TPSA) is 41.5 Å². The normalized spacial score (nSPS) is 12.0. The Morgan fingerprint density at radius 2 is 1.93 bits per heavy atom. The van der Waals surface area contributed by atoms with E-state index in [1.54, 1.807) is 7.11 Å². The number of rotatable bonds is 9. The Labute approximate surface area is 87.8 Å². The Morgan fingerprint density at radius 1 is 1.21 bits per heavy atom. The van der Waals surface area contributed by atoms with Crippen LogP contribution in [0.1, 0.15) is 33.1 Å². The molecule has 3 nitrogen and oxygen atoms in total. The van der Waals surface area contributed by atoms with Gasteiger partial charge in [0.15, 0.2) is 0 Å². The van der Waals surface area contributed by atoms with E-state index in [0.29, 0.717) is 0 Å². The smallest absolute Gasteiger partial charge is 0.0494 e. The molecule has 0 radical (unpaired) electrons. The maximum atomic E-state index is 9.01. The number of aliphatic hydroxyl groups excluding tert-OH is 1. The van der Waals surface area contributed by atoms with Crippen molar-refractivity contribution < 1.29 is 9.84 Å². The SMILES string of the molecule is COCCCCCNCC(C)(C)CO. The van der Waals surface area contributed by atoms with E-state index in [0.717, 1.165) is 26.1 Å². The standard InChI is InChI=1S/C11H25NO2/c1-11(2,10-13)9-12-7-5-4-6-8-14-3/h12-13H,4-10H2,1-3H3. The van der Waals surface area contributed by atoms with E-state index in [2.05, 4.69) is 19.2 Å². The molecule has 0 aliphatic heterocycles. The summed E-state index contributed by atoms with van der Waals surface area (Å²) in [5.74, 6) is 0. The minimum atomic E-state index is 0.00648. The highest BCUT2D eigenvalue weighted by Gasteiger charge is 2.14. The summed E-state index contributed by atoms with van der Waals surface area (Å²) in [4.78, 5) is 0. The maximum Gasteiger partial charge on any atom is 0.0494 e. The van der Waals surface area contributed by atoms with E-state index < -0.39 is 0 Å². The zero-order valence-corrected chi connectivity index (χ0v) is 9.81. The summed E-state index contributed by atoms with van der Waals surface area (Å²) in [7, 11) is 1.74. The molecule has 0 unspecified atom stereocenters. The first kappa shape index (κ1) is 13.9.